The SMILES string of the molecule is CCCn1ccc(=O)n(CCS(=O)(=O)CCC)c1=O. The van der Waals surface area contributed by atoms with Crippen LogP contribution in [-0.2, 0) is 22.9 Å². The van der Waals surface area contributed by atoms with Crippen LogP contribution < -0.4 is 11.2 Å². The fraction of sp³-hybridized carbons (Fsp3) is 0.667. The van der Waals surface area contributed by atoms with Gasteiger partial charge in [-0.05, 0) is 12.8 Å². The second-order valence-electron chi connectivity index (χ2n) is 4.43. The molecule has 0 bridgehead atoms. The van der Waals surface area contributed by atoms with Gasteiger partial charge in [0.25, 0.3) is 5.56 Å². The first-order valence-corrected chi connectivity index (χ1v) is 8.24. The van der Waals surface area contributed by atoms with Gasteiger partial charge >= 0.3 is 5.69 Å². The van der Waals surface area contributed by atoms with Crippen LogP contribution in [0.2, 0.25) is 0 Å². The predicted molar refractivity (Wildman–Crippen MR) is 74.2 cm³/mol. The highest BCUT2D eigenvalue weighted by molar-refractivity contribution is 7.91. The number of hydrogen-bond acceptors (Lipinski definition) is 4. The van der Waals surface area contributed by atoms with Crippen LogP contribution in [0.3, 0.4) is 0 Å². The van der Waals surface area contributed by atoms with Crippen molar-refractivity contribution in [3.05, 3.63) is 33.1 Å². The van der Waals surface area contributed by atoms with Crippen molar-refractivity contribution in [2.45, 2.75) is 39.8 Å². The summed E-state index contributed by atoms with van der Waals surface area (Å²) in [7, 11) is -3.20. The summed E-state index contributed by atoms with van der Waals surface area (Å²) in [6.45, 7) is 4.14. The summed E-state index contributed by atoms with van der Waals surface area (Å²) >= 11 is 0. The zero-order chi connectivity index (χ0) is 14.5. The molecule has 19 heavy (non-hydrogen) atoms. The summed E-state index contributed by atoms with van der Waals surface area (Å²) in [5.41, 5.74) is -0.898. The molecule has 0 aliphatic heterocycles. The molecular weight excluding hydrogens is 268 g/mol. The maximum Gasteiger partial charge on any atom is 0.330 e. The summed E-state index contributed by atoms with van der Waals surface area (Å²) in [5, 5.41) is 0. The molecule has 0 fully saturated rings. The Hall–Kier alpha value is -1.37. The maximum absolute atomic E-state index is 12.0. The molecule has 0 atom stereocenters. The monoisotopic (exact) mass is 288 g/mol. The molecular formula is C12H20N2O4S. The standard InChI is InChI=1S/C12H20N2O4S/c1-3-6-13-7-5-11(15)14(12(13)16)8-10-19(17,18)9-4-2/h5,7H,3-4,6,8-10H2,1-2H3. The van der Waals surface area contributed by atoms with Gasteiger partial charge in [-0.1, -0.05) is 13.8 Å². The Bertz CT molecular complexity index is 628. The Kier molecular flexibility index (Phi) is 5.53. The zero-order valence-electron chi connectivity index (χ0n) is 11.3. The third-order valence-electron chi connectivity index (χ3n) is 2.75. The quantitative estimate of drug-likeness (QED) is 0.720. The summed E-state index contributed by atoms with van der Waals surface area (Å²) in [4.78, 5) is 23.6. The lowest BCUT2D eigenvalue weighted by molar-refractivity contribution is 0.551. The van der Waals surface area contributed by atoms with Crippen LogP contribution in [0.1, 0.15) is 26.7 Å². The topological polar surface area (TPSA) is 78.1 Å². The number of hydrogen-bond donors (Lipinski definition) is 0. The van der Waals surface area contributed by atoms with Crippen molar-refractivity contribution in [2.75, 3.05) is 11.5 Å². The normalized spacial score (nSPS) is 11.7. The lowest BCUT2D eigenvalue weighted by Gasteiger charge is -2.09. The molecule has 0 aliphatic rings. The van der Waals surface area contributed by atoms with E-state index in [2.05, 4.69) is 0 Å². The Labute approximate surface area is 112 Å². The average Bonchev–Trinajstić information content (AvgIpc) is 2.32. The second kappa shape index (κ2) is 6.70. The van der Waals surface area contributed by atoms with E-state index in [-0.39, 0.29) is 18.1 Å². The highest BCUT2D eigenvalue weighted by atomic mass is 32.2. The van der Waals surface area contributed by atoms with Gasteiger partial charge in [-0.25, -0.2) is 13.2 Å². The van der Waals surface area contributed by atoms with E-state index in [0.29, 0.717) is 13.0 Å². The molecule has 1 heterocycles. The van der Waals surface area contributed by atoms with E-state index >= 15 is 0 Å². The predicted octanol–water partition coefficient (Wildman–Crippen LogP) is 0.245. The molecule has 0 N–H and O–H groups in total. The number of aromatic nitrogens is 2. The first-order chi connectivity index (χ1) is 8.91. The molecule has 1 rings (SSSR count). The molecule has 0 saturated heterocycles. The minimum absolute atomic E-state index is 0.0788. The third kappa shape index (κ3) is 4.34. The molecule has 0 spiro atoms. The van der Waals surface area contributed by atoms with Crippen molar-refractivity contribution in [1.29, 1.82) is 0 Å². The Morgan fingerprint density at radius 1 is 1.05 bits per heavy atom. The van der Waals surface area contributed by atoms with Crippen molar-refractivity contribution < 1.29 is 8.42 Å². The van der Waals surface area contributed by atoms with Gasteiger partial charge < -0.3 is 4.57 Å². The fourth-order valence-corrected chi connectivity index (χ4v) is 3.10. The lowest BCUT2D eigenvalue weighted by Crippen LogP contribution is -2.40. The molecule has 0 aliphatic carbocycles. The molecule has 0 aromatic carbocycles. The fourth-order valence-electron chi connectivity index (χ4n) is 1.82. The van der Waals surface area contributed by atoms with Gasteiger partial charge in [0.15, 0.2) is 9.84 Å². The van der Waals surface area contributed by atoms with E-state index < -0.39 is 21.1 Å². The van der Waals surface area contributed by atoms with Gasteiger partial charge in [0.05, 0.1) is 5.75 Å². The van der Waals surface area contributed by atoms with Crippen molar-refractivity contribution >= 4 is 9.84 Å². The van der Waals surface area contributed by atoms with E-state index in [1.165, 1.54) is 16.8 Å². The molecule has 7 heteroatoms. The first kappa shape index (κ1) is 15.7. The van der Waals surface area contributed by atoms with E-state index in [9.17, 15) is 18.0 Å². The van der Waals surface area contributed by atoms with Crippen molar-refractivity contribution in [3.63, 3.8) is 0 Å². The average molecular weight is 288 g/mol. The van der Waals surface area contributed by atoms with Crippen LogP contribution in [0.5, 0.6) is 0 Å². The van der Waals surface area contributed by atoms with Crippen molar-refractivity contribution in [3.8, 4) is 0 Å². The van der Waals surface area contributed by atoms with E-state index in [4.69, 9.17) is 0 Å². The van der Waals surface area contributed by atoms with Crippen LogP contribution >= 0.6 is 0 Å². The smallest absolute Gasteiger partial charge is 0.300 e. The Morgan fingerprint density at radius 2 is 1.74 bits per heavy atom. The van der Waals surface area contributed by atoms with Gasteiger partial charge in [-0.15, -0.1) is 0 Å². The van der Waals surface area contributed by atoms with E-state index in [1.54, 1.807) is 6.92 Å². The summed E-state index contributed by atoms with van der Waals surface area (Å²) in [5.74, 6) is -0.0934. The number of rotatable bonds is 7. The third-order valence-corrected chi connectivity index (χ3v) is 4.58. The van der Waals surface area contributed by atoms with Crippen LogP contribution in [0, 0.1) is 0 Å². The Morgan fingerprint density at radius 3 is 2.32 bits per heavy atom. The summed E-state index contributed by atoms with van der Waals surface area (Å²) in [6, 6.07) is 1.30. The number of aryl methyl sites for hydroxylation is 1. The summed E-state index contributed by atoms with van der Waals surface area (Å²) in [6.07, 6.45) is 2.75. The van der Waals surface area contributed by atoms with Crippen LogP contribution in [0.25, 0.3) is 0 Å². The molecule has 1 aromatic rings. The molecule has 108 valence electrons. The number of sulfone groups is 1. The highest BCUT2D eigenvalue weighted by Gasteiger charge is 2.12. The van der Waals surface area contributed by atoms with E-state index in [0.717, 1.165) is 11.0 Å². The molecule has 0 unspecified atom stereocenters. The molecule has 0 amide bonds. The van der Waals surface area contributed by atoms with Crippen molar-refractivity contribution in [2.24, 2.45) is 0 Å². The van der Waals surface area contributed by atoms with Gasteiger partial charge in [-0.3, -0.25) is 9.36 Å². The molecule has 6 nitrogen and oxygen atoms in total. The van der Waals surface area contributed by atoms with Gasteiger partial charge in [0.1, 0.15) is 0 Å². The van der Waals surface area contributed by atoms with E-state index in [1.807, 2.05) is 6.92 Å². The molecule has 0 radical (unpaired) electrons. The molecule has 1 aromatic heterocycles. The Balaban J connectivity index is 2.99. The van der Waals surface area contributed by atoms with Gasteiger partial charge in [-0.2, -0.15) is 0 Å². The minimum Gasteiger partial charge on any atom is -0.300 e. The van der Waals surface area contributed by atoms with Gasteiger partial charge in [0.2, 0.25) is 0 Å². The summed E-state index contributed by atoms with van der Waals surface area (Å²) < 4.78 is 25.6. The zero-order valence-corrected chi connectivity index (χ0v) is 12.1. The number of nitrogens with zero attached hydrogens (tertiary/aromatic N) is 2. The minimum atomic E-state index is -3.20. The first-order valence-electron chi connectivity index (χ1n) is 6.42. The van der Waals surface area contributed by atoms with Gasteiger partial charge in [0, 0.05) is 31.1 Å². The van der Waals surface area contributed by atoms with Crippen LogP contribution in [-0.4, -0.2) is 29.1 Å². The van der Waals surface area contributed by atoms with Crippen molar-refractivity contribution in [1.82, 2.24) is 9.13 Å². The lowest BCUT2D eigenvalue weighted by atomic mass is 10.4. The van der Waals surface area contributed by atoms with Crippen LogP contribution in [0.4, 0.5) is 0 Å². The second-order valence-corrected chi connectivity index (χ2v) is 6.74. The largest absolute Gasteiger partial charge is 0.330 e. The highest BCUT2D eigenvalue weighted by Crippen LogP contribution is 1.94. The maximum atomic E-state index is 12.0. The molecule has 0 saturated carbocycles. The van der Waals surface area contributed by atoms with Crippen LogP contribution in [0.15, 0.2) is 21.9 Å².